The summed E-state index contributed by atoms with van der Waals surface area (Å²) in [5, 5.41) is 4.67. The van der Waals surface area contributed by atoms with Gasteiger partial charge >= 0.3 is 0 Å². The number of hydrogen-bond acceptors (Lipinski definition) is 3. The number of rotatable bonds is 6. The molecule has 4 heteroatoms. The van der Waals surface area contributed by atoms with Crippen molar-refractivity contribution in [2.75, 3.05) is 13.7 Å². The van der Waals surface area contributed by atoms with E-state index < -0.39 is 0 Å². The molecule has 0 atom stereocenters. The first-order valence-electron chi connectivity index (χ1n) is 6.72. The third-order valence-corrected chi connectivity index (χ3v) is 3.18. The summed E-state index contributed by atoms with van der Waals surface area (Å²) in [6, 6.07) is 10.1. The van der Waals surface area contributed by atoms with Crippen molar-refractivity contribution in [3.8, 4) is 11.6 Å². The van der Waals surface area contributed by atoms with E-state index in [1.807, 2.05) is 35.0 Å². The number of benzene rings is 1. The molecule has 4 nitrogen and oxygen atoms in total. The fourth-order valence-electron chi connectivity index (χ4n) is 2.25. The molecule has 0 unspecified atom stereocenters. The molecular formula is C15H21N3O. The molecule has 0 spiro atoms. The summed E-state index contributed by atoms with van der Waals surface area (Å²) in [4.78, 5) is 0. The Morgan fingerprint density at radius 1 is 1.26 bits per heavy atom. The second kappa shape index (κ2) is 6.38. The van der Waals surface area contributed by atoms with Crippen molar-refractivity contribution in [1.82, 2.24) is 9.78 Å². The molecule has 2 rings (SSSR count). The molecule has 1 aromatic carbocycles. The van der Waals surface area contributed by atoms with Gasteiger partial charge in [0, 0.05) is 5.56 Å². The van der Waals surface area contributed by atoms with E-state index in [9.17, 15) is 0 Å². The fourth-order valence-corrected chi connectivity index (χ4v) is 2.25. The molecule has 0 bridgehead atoms. The first kappa shape index (κ1) is 13.6. The van der Waals surface area contributed by atoms with Crippen LogP contribution in [-0.4, -0.2) is 23.4 Å². The lowest BCUT2D eigenvalue weighted by molar-refractivity contribution is 0.379. The quantitative estimate of drug-likeness (QED) is 0.866. The molecular weight excluding hydrogens is 238 g/mol. The summed E-state index contributed by atoms with van der Waals surface area (Å²) in [7, 11) is 1.70. The Balaban J connectivity index is 2.47. The lowest BCUT2D eigenvalue weighted by Gasteiger charge is -2.07. The molecule has 2 aromatic rings. The predicted molar refractivity (Wildman–Crippen MR) is 76.9 cm³/mol. The van der Waals surface area contributed by atoms with Gasteiger partial charge in [0.2, 0.25) is 5.88 Å². The second-order valence-electron chi connectivity index (χ2n) is 4.43. The molecule has 1 heterocycles. The van der Waals surface area contributed by atoms with Crippen LogP contribution in [0.2, 0.25) is 0 Å². The van der Waals surface area contributed by atoms with Crippen LogP contribution in [0.5, 0.6) is 5.88 Å². The van der Waals surface area contributed by atoms with Crippen molar-refractivity contribution in [3.05, 3.63) is 41.6 Å². The minimum Gasteiger partial charge on any atom is -0.481 e. The Hall–Kier alpha value is -1.81. The van der Waals surface area contributed by atoms with Gasteiger partial charge in [-0.2, -0.15) is 5.10 Å². The summed E-state index contributed by atoms with van der Waals surface area (Å²) in [5.41, 5.74) is 8.90. The minimum atomic E-state index is 0.683. The molecule has 0 radical (unpaired) electrons. The second-order valence-corrected chi connectivity index (χ2v) is 4.43. The third-order valence-electron chi connectivity index (χ3n) is 3.18. The molecule has 0 aliphatic carbocycles. The Kier molecular flexibility index (Phi) is 4.58. The van der Waals surface area contributed by atoms with E-state index in [1.54, 1.807) is 7.11 Å². The van der Waals surface area contributed by atoms with Gasteiger partial charge < -0.3 is 10.5 Å². The van der Waals surface area contributed by atoms with Gasteiger partial charge in [0.25, 0.3) is 0 Å². The van der Waals surface area contributed by atoms with Crippen molar-refractivity contribution >= 4 is 0 Å². The van der Waals surface area contributed by atoms with Gasteiger partial charge in [-0.15, -0.1) is 0 Å². The molecule has 1 aromatic heterocycles. The maximum Gasteiger partial charge on any atom is 0.219 e. The van der Waals surface area contributed by atoms with Crippen LogP contribution in [-0.2, 0) is 12.8 Å². The molecule has 102 valence electrons. The number of para-hydroxylation sites is 1. The smallest absolute Gasteiger partial charge is 0.219 e. The molecule has 0 amide bonds. The van der Waals surface area contributed by atoms with Crippen molar-refractivity contribution in [2.24, 2.45) is 5.73 Å². The van der Waals surface area contributed by atoms with Crippen LogP contribution < -0.4 is 10.5 Å². The minimum absolute atomic E-state index is 0.683. The van der Waals surface area contributed by atoms with Gasteiger partial charge in [0.15, 0.2) is 0 Å². The summed E-state index contributed by atoms with van der Waals surface area (Å²) in [6.07, 6.45) is 2.76. The summed E-state index contributed by atoms with van der Waals surface area (Å²) in [6.45, 7) is 2.80. The highest BCUT2D eigenvalue weighted by Gasteiger charge is 2.17. The van der Waals surface area contributed by atoms with Crippen LogP contribution in [0.4, 0.5) is 0 Å². The number of nitrogens with zero attached hydrogens (tertiary/aromatic N) is 2. The molecule has 0 aliphatic rings. The van der Waals surface area contributed by atoms with Crippen LogP contribution >= 0.6 is 0 Å². The normalized spacial score (nSPS) is 10.7. The van der Waals surface area contributed by atoms with Gasteiger partial charge in [0.1, 0.15) is 0 Å². The third kappa shape index (κ3) is 2.79. The Morgan fingerprint density at radius 3 is 2.58 bits per heavy atom. The van der Waals surface area contributed by atoms with E-state index in [1.165, 1.54) is 5.56 Å². The summed E-state index contributed by atoms with van der Waals surface area (Å²) >= 11 is 0. The maximum absolute atomic E-state index is 5.61. The highest BCUT2D eigenvalue weighted by molar-refractivity contribution is 5.41. The van der Waals surface area contributed by atoms with Gasteiger partial charge in [-0.1, -0.05) is 25.1 Å². The van der Waals surface area contributed by atoms with E-state index in [0.717, 1.165) is 36.5 Å². The van der Waals surface area contributed by atoms with E-state index in [4.69, 9.17) is 10.5 Å². The van der Waals surface area contributed by atoms with Crippen LogP contribution in [0.3, 0.4) is 0 Å². The number of hydrogen-bond donors (Lipinski definition) is 1. The van der Waals surface area contributed by atoms with Crippen LogP contribution in [0.15, 0.2) is 30.3 Å². The standard InChI is InChI=1S/C15H21N3O/c1-3-14-13(10-7-11-16)15(19-2)18(17-14)12-8-5-4-6-9-12/h4-6,8-9H,3,7,10-11,16H2,1-2H3. The zero-order valence-corrected chi connectivity index (χ0v) is 11.6. The molecule has 2 N–H and O–H groups in total. The van der Waals surface area contributed by atoms with Crippen molar-refractivity contribution in [2.45, 2.75) is 26.2 Å². The molecule has 0 saturated heterocycles. The van der Waals surface area contributed by atoms with E-state index in [-0.39, 0.29) is 0 Å². The monoisotopic (exact) mass is 259 g/mol. The van der Waals surface area contributed by atoms with Crippen LogP contribution in [0.25, 0.3) is 5.69 Å². The van der Waals surface area contributed by atoms with E-state index in [0.29, 0.717) is 6.54 Å². The first-order chi connectivity index (χ1) is 9.31. The van der Waals surface area contributed by atoms with Crippen molar-refractivity contribution < 1.29 is 4.74 Å². The summed E-state index contributed by atoms with van der Waals surface area (Å²) < 4.78 is 7.45. The highest BCUT2D eigenvalue weighted by atomic mass is 16.5. The SMILES string of the molecule is CCc1nn(-c2ccccc2)c(OC)c1CCCN. The summed E-state index contributed by atoms with van der Waals surface area (Å²) in [5.74, 6) is 0.830. The number of methoxy groups -OCH3 is 1. The van der Waals surface area contributed by atoms with Crippen molar-refractivity contribution in [3.63, 3.8) is 0 Å². The van der Waals surface area contributed by atoms with E-state index >= 15 is 0 Å². The van der Waals surface area contributed by atoms with Crippen LogP contribution in [0.1, 0.15) is 24.6 Å². The topological polar surface area (TPSA) is 53.1 Å². The van der Waals surface area contributed by atoms with Gasteiger partial charge in [0.05, 0.1) is 18.5 Å². The molecule has 0 fully saturated rings. The Bertz CT molecular complexity index is 520. The van der Waals surface area contributed by atoms with E-state index in [2.05, 4.69) is 12.0 Å². The molecule has 0 aliphatic heterocycles. The first-order valence-corrected chi connectivity index (χ1v) is 6.72. The molecule has 0 saturated carbocycles. The zero-order valence-electron chi connectivity index (χ0n) is 11.6. The Morgan fingerprint density at radius 2 is 2.00 bits per heavy atom. The van der Waals surface area contributed by atoms with Crippen LogP contribution in [0, 0.1) is 0 Å². The molecule has 19 heavy (non-hydrogen) atoms. The number of aromatic nitrogens is 2. The zero-order chi connectivity index (χ0) is 13.7. The predicted octanol–water partition coefficient (Wildman–Crippen LogP) is 2.33. The van der Waals surface area contributed by atoms with Gasteiger partial charge in [-0.25, -0.2) is 4.68 Å². The average Bonchev–Trinajstić information content (AvgIpc) is 2.83. The number of aryl methyl sites for hydroxylation is 1. The van der Waals surface area contributed by atoms with Crippen molar-refractivity contribution in [1.29, 1.82) is 0 Å². The maximum atomic E-state index is 5.61. The number of ether oxygens (including phenoxy) is 1. The Labute approximate surface area is 114 Å². The lowest BCUT2D eigenvalue weighted by atomic mass is 10.1. The fraction of sp³-hybridized carbons (Fsp3) is 0.400. The lowest BCUT2D eigenvalue weighted by Crippen LogP contribution is -2.03. The largest absolute Gasteiger partial charge is 0.481 e. The highest BCUT2D eigenvalue weighted by Crippen LogP contribution is 2.27. The van der Waals surface area contributed by atoms with Gasteiger partial charge in [-0.05, 0) is 37.9 Å². The van der Waals surface area contributed by atoms with Gasteiger partial charge in [-0.3, -0.25) is 0 Å². The average molecular weight is 259 g/mol. The number of nitrogens with two attached hydrogens (primary N) is 1.